The fourth-order valence-corrected chi connectivity index (χ4v) is 4.27. The summed E-state index contributed by atoms with van der Waals surface area (Å²) in [6.45, 7) is 1.93. The minimum Gasteiger partial charge on any atom is -0.357 e. The SMILES string of the molecule is CCCC(=O)N1c2ccccc2NC2=C(C(=O)CCC2)C1c1cccc([N+](=O)[O-])c1. The summed E-state index contributed by atoms with van der Waals surface area (Å²) in [7, 11) is 0. The van der Waals surface area contributed by atoms with E-state index in [-0.39, 0.29) is 17.4 Å². The van der Waals surface area contributed by atoms with Gasteiger partial charge in [0.2, 0.25) is 5.91 Å². The summed E-state index contributed by atoms with van der Waals surface area (Å²) in [6.07, 6.45) is 2.80. The Hall–Kier alpha value is -3.48. The van der Waals surface area contributed by atoms with E-state index >= 15 is 0 Å². The van der Waals surface area contributed by atoms with Crippen molar-refractivity contribution in [3.63, 3.8) is 0 Å². The molecule has 0 bridgehead atoms. The maximum atomic E-state index is 13.3. The Kier molecular flexibility index (Phi) is 5.35. The van der Waals surface area contributed by atoms with Crippen LogP contribution in [0.2, 0.25) is 0 Å². The van der Waals surface area contributed by atoms with Gasteiger partial charge in [-0.2, -0.15) is 0 Å². The van der Waals surface area contributed by atoms with Gasteiger partial charge in [0.15, 0.2) is 5.78 Å². The van der Waals surface area contributed by atoms with Crippen molar-refractivity contribution in [3.05, 3.63) is 75.5 Å². The number of hydrogen-bond acceptors (Lipinski definition) is 5. The summed E-state index contributed by atoms with van der Waals surface area (Å²) < 4.78 is 0. The van der Waals surface area contributed by atoms with E-state index in [0.717, 1.165) is 17.8 Å². The average Bonchev–Trinajstić information content (AvgIpc) is 2.89. The molecule has 0 radical (unpaired) electrons. The van der Waals surface area contributed by atoms with Crippen molar-refractivity contribution in [2.75, 3.05) is 10.2 Å². The van der Waals surface area contributed by atoms with E-state index in [4.69, 9.17) is 0 Å². The predicted octanol–water partition coefficient (Wildman–Crippen LogP) is 4.90. The van der Waals surface area contributed by atoms with Gasteiger partial charge in [-0.05, 0) is 37.0 Å². The van der Waals surface area contributed by atoms with Crippen molar-refractivity contribution in [3.8, 4) is 0 Å². The lowest BCUT2D eigenvalue weighted by Crippen LogP contribution is -2.37. The van der Waals surface area contributed by atoms with E-state index in [2.05, 4.69) is 5.32 Å². The Morgan fingerprint density at radius 3 is 2.77 bits per heavy atom. The molecule has 1 N–H and O–H groups in total. The van der Waals surface area contributed by atoms with E-state index in [1.807, 2.05) is 31.2 Å². The Bertz CT molecular complexity index is 1060. The van der Waals surface area contributed by atoms with Gasteiger partial charge in [0.1, 0.15) is 0 Å². The normalized spacial score (nSPS) is 18.2. The maximum Gasteiger partial charge on any atom is 0.269 e. The maximum absolute atomic E-state index is 13.3. The molecule has 1 heterocycles. The molecule has 0 saturated heterocycles. The van der Waals surface area contributed by atoms with E-state index in [1.165, 1.54) is 12.1 Å². The van der Waals surface area contributed by atoms with Crippen LogP contribution in [0.5, 0.6) is 0 Å². The monoisotopic (exact) mass is 405 g/mol. The number of amides is 1. The molecule has 0 aromatic heterocycles. The molecule has 7 nitrogen and oxygen atoms in total. The molecule has 0 saturated carbocycles. The Morgan fingerprint density at radius 2 is 2.00 bits per heavy atom. The lowest BCUT2D eigenvalue weighted by Gasteiger charge is -2.33. The molecule has 1 amide bonds. The first-order valence-corrected chi connectivity index (χ1v) is 10.2. The van der Waals surface area contributed by atoms with Crippen molar-refractivity contribution in [2.24, 2.45) is 0 Å². The van der Waals surface area contributed by atoms with Gasteiger partial charge in [-0.1, -0.05) is 31.2 Å². The zero-order chi connectivity index (χ0) is 21.3. The molecule has 4 rings (SSSR count). The molecular weight excluding hydrogens is 382 g/mol. The standard InChI is InChI=1S/C23H23N3O4/c1-2-7-21(28)25-19-12-4-3-10-17(19)24-18-11-6-13-20(27)22(18)23(25)15-8-5-9-16(14-15)26(29)30/h3-5,8-10,12,14,23-24H,2,6-7,11,13H2,1H3. The lowest BCUT2D eigenvalue weighted by atomic mass is 9.85. The third kappa shape index (κ3) is 3.47. The van der Waals surface area contributed by atoms with Gasteiger partial charge >= 0.3 is 0 Å². The van der Waals surface area contributed by atoms with Gasteiger partial charge in [-0.25, -0.2) is 0 Å². The van der Waals surface area contributed by atoms with Crippen LogP contribution in [0.1, 0.15) is 50.6 Å². The highest BCUT2D eigenvalue weighted by atomic mass is 16.6. The third-order valence-corrected chi connectivity index (χ3v) is 5.57. The van der Waals surface area contributed by atoms with Gasteiger partial charge in [-0.3, -0.25) is 24.6 Å². The van der Waals surface area contributed by atoms with Crippen LogP contribution < -0.4 is 10.2 Å². The number of para-hydroxylation sites is 2. The molecule has 154 valence electrons. The number of nitro benzene ring substituents is 1. The number of nitro groups is 1. The van der Waals surface area contributed by atoms with Crippen LogP contribution in [-0.2, 0) is 9.59 Å². The quantitative estimate of drug-likeness (QED) is 0.577. The van der Waals surface area contributed by atoms with Gasteiger partial charge in [0, 0.05) is 36.2 Å². The van der Waals surface area contributed by atoms with Crippen LogP contribution in [-0.4, -0.2) is 16.6 Å². The molecule has 1 aliphatic heterocycles. The number of Topliss-reactive ketones (excluding diaryl/α,β-unsaturated/α-hetero) is 1. The van der Waals surface area contributed by atoms with Gasteiger partial charge in [0.05, 0.1) is 22.3 Å². The van der Waals surface area contributed by atoms with Gasteiger partial charge in [0.25, 0.3) is 5.69 Å². The number of ketones is 1. The van der Waals surface area contributed by atoms with Crippen LogP contribution in [0.15, 0.2) is 59.8 Å². The Morgan fingerprint density at radius 1 is 1.20 bits per heavy atom. The molecule has 2 aliphatic rings. The molecule has 1 atom stereocenters. The fourth-order valence-electron chi connectivity index (χ4n) is 4.27. The zero-order valence-corrected chi connectivity index (χ0v) is 16.8. The van der Waals surface area contributed by atoms with Crippen LogP contribution in [0.25, 0.3) is 0 Å². The number of rotatable bonds is 4. The average molecular weight is 405 g/mol. The Balaban J connectivity index is 1.99. The largest absolute Gasteiger partial charge is 0.357 e. The second-order valence-corrected chi connectivity index (χ2v) is 7.58. The molecule has 7 heteroatoms. The van der Waals surface area contributed by atoms with Crippen molar-refractivity contribution in [2.45, 2.75) is 45.1 Å². The summed E-state index contributed by atoms with van der Waals surface area (Å²) in [4.78, 5) is 39.0. The summed E-state index contributed by atoms with van der Waals surface area (Å²) in [5.74, 6) is -0.141. The van der Waals surface area contributed by atoms with E-state index in [0.29, 0.717) is 42.5 Å². The zero-order valence-electron chi connectivity index (χ0n) is 16.8. The first-order valence-electron chi connectivity index (χ1n) is 10.2. The molecule has 1 aliphatic carbocycles. The lowest BCUT2D eigenvalue weighted by molar-refractivity contribution is -0.384. The molecule has 2 aromatic rings. The number of allylic oxidation sites excluding steroid dienone is 1. The Labute approximate surface area is 174 Å². The van der Waals surface area contributed by atoms with Crippen molar-refractivity contribution >= 4 is 28.8 Å². The molecule has 0 spiro atoms. The number of carbonyl (C=O) groups excluding carboxylic acids is 2. The highest BCUT2D eigenvalue weighted by Gasteiger charge is 2.39. The predicted molar refractivity (Wildman–Crippen MR) is 114 cm³/mol. The summed E-state index contributed by atoms with van der Waals surface area (Å²) in [5, 5.41) is 14.8. The van der Waals surface area contributed by atoms with Gasteiger partial charge < -0.3 is 5.32 Å². The number of hydrogen-bond donors (Lipinski definition) is 1. The van der Waals surface area contributed by atoms with Crippen LogP contribution in [0.3, 0.4) is 0 Å². The number of nitrogens with zero attached hydrogens (tertiary/aromatic N) is 2. The minimum atomic E-state index is -0.706. The third-order valence-electron chi connectivity index (χ3n) is 5.57. The number of non-ortho nitro benzene ring substituents is 1. The smallest absolute Gasteiger partial charge is 0.269 e. The molecular formula is C23H23N3O4. The number of fused-ring (bicyclic) bond motifs is 1. The summed E-state index contributed by atoms with van der Waals surface area (Å²) in [5.41, 5.74) is 3.26. The van der Waals surface area contributed by atoms with Crippen molar-refractivity contribution < 1.29 is 14.5 Å². The topological polar surface area (TPSA) is 92.6 Å². The van der Waals surface area contributed by atoms with E-state index in [9.17, 15) is 19.7 Å². The second kappa shape index (κ2) is 8.10. The molecule has 2 aromatic carbocycles. The molecule has 0 fully saturated rings. The summed E-state index contributed by atoms with van der Waals surface area (Å²) in [6, 6.07) is 13.0. The number of anilines is 2. The number of nitrogens with one attached hydrogen (secondary N) is 1. The number of benzene rings is 2. The van der Waals surface area contributed by atoms with E-state index in [1.54, 1.807) is 17.0 Å². The second-order valence-electron chi connectivity index (χ2n) is 7.58. The number of carbonyl (C=O) groups is 2. The molecule has 1 unspecified atom stereocenters. The van der Waals surface area contributed by atoms with Crippen LogP contribution in [0, 0.1) is 10.1 Å². The van der Waals surface area contributed by atoms with Crippen molar-refractivity contribution in [1.29, 1.82) is 0 Å². The first-order chi connectivity index (χ1) is 14.5. The molecule has 30 heavy (non-hydrogen) atoms. The van der Waals surface area contributed by atoms with Gasteiger partial charge in [-0.15, -0.1) is 0 Å². The summed E-state index contributed by atoms with van der Waals surface area (Å²) >= 11 is 0. The minimum absolute atomic E-state index is 0.0256. The highest BCUT2D eigenvalue weighted by molar-refractivity contribution is 6.06. The first kappa shape index (κ1) is 19.8. The van der Waals surface area contributed by atoms with Crippen LogP contribution >= 0.6 is 0 Å². The highest BCUT2D eigenvalue weighted by Crippen LogP contribution is 2.45. The fraction of sp³-hybridized carbons (Fsp3) is 0.304. The van der Waals surface area contributed by atoms with Crippen molar-refractivity contribution in [1.82, 2.24) is 0 Å². The van der Waals surface area contributed by atoms with E-state index < -0.39 is 11.0 Å². The van der Waals surface area contributed by atoms with Crippen LogP contribution in [0.4, 0.5) is 17.1 Å².